The van der Waals surface area contributed by atoms with Crippen LogP contribution in [0.5, 0.6) is 5.75 Å². The summed E-state index contributed by atoms with van der Waals surface area (Å²) in [6.45, 7) is 8.31. The standard InChI is InChI=1S/C22H24N4O2/c1-5-28-20-9-7-6-8-18(20)25-21(27)19-13-16(4)23-22(26-19)24-17-11-14(2)10-15(3)12-17/h6-13H,5H2,1-4H3,(H,25,27)(H,23,24,26). The maximum absolute atomic E-state index is 12.8. The van der Waals surface area contributed by atoms with Crippen LogP contribution in [0, 0.1) is 20.8 Å². The lowest BCUT2D eigenvalue weighted by atomic mass is 10.1. The molecule has 0 saturated heterocycles. The molecular formula is C22H24N4O2. The van der Waals surface area contributed by atoms with Crippen molar-refractivity contribution < 1.29 is 9.53 Å². The molecule has 0 spiro atoms. The van der Waals surface area contributed by atoms with Crippen LogP contribution in [0.2, 0.25) is 0 Å². The molecule has 2 aromatic carbocycles. The number of rotatable bonds is 6. The fourth-order valence-electron chi connectivity index (χ4n) is 2.95. The maximum atomic E-state index is 12.8. The molecule has 0 aliphatic rings. The normalized spacial score (nSPS) is 10.4. The Balaban J connectivity index is 1.84. The number of hydrogen-bond acceptors (Lipinski definition) is 5. The Kier molecular flexibility index (Phi) is 5.89. The van der Waals surface area contributed by atoms with Crippen LogP contribution in [0.25, 0.3) is 0 Å². The van der Waals surface area contributed by atoms with E-state index in [4.69, 9.17) is 4.74 Å². The van der Waals surface area contributed by atoms with Gasteiger partial charge in [0, 0.05) is 11.4 Å². The van der Waals surface area contributed by atoms with Crippen LogP contribution in [0.4, 0.5) is 17.3 Å². The van der Waals surface area contributed by atoms with Gasteiger partial charge < -0.3 is 15.4 Å². The number of carbonyl (C=O) groups is 1. The average Bonchev–Trinajstić information content (AvgIpc) is 2.62. The first kappa shape index (κ1) is 19.4. The summed E-state index contributed by atoms with van der Waals surface area (Å²) in [5.74, 6) is 0.687. The monoisotopic (exact) mass is 376 g/mol. The highest BCUT2D eigenvalue weighted by Gasteiger charge is 2.13. The number of nitrogens with zero attached hydrogens (tertiary/aromatic N) is 2. The molecule has 0 atom stereocenters. The van der Waals surface area contributed by atoms with E-state index in [-0.39, 0.29) is 11.6 Å². The number of anilines is 3. The van der Waals surface area contributed by atoms with E-state index in [9.17, 15) is 4.79 Å². The van der Waals surface area contributed by atoms with E-state index in [1.807, 2.05) is 58.0 Å². The van der Waals surface area contributed by atoms with E-state index in [1.54, 1.807) is 12.1 Å². The molecule has 0 aliphatic heterocycles. The van der Waals surface area contributed by atoms with Crippen molar-refractivity contribution in [3.8, 4) is 5.75 Å². The van der Waals surface area contributed by atoms with Gasteiger partial charge in [-0.05, 0) is 69.2 Å². The van der Waals surface area contributed by atoms with E-state index >= 15 is 0 Å². The van der Waals surface area contributed by atoms with Crippen molar-refractivity contribution in [1.82, 2.24) is 9.97 Å². The molecule has 1 heterocycles. The fraction of sp³-hybridized carbons (Fsp3) is 0.227. The predicted molar refractivity (Wildman–Crippen MR) is 112 cm³/mol. The van der Waals surface area contributed by atoms with Gasteiger partial charge in [0.1, 0.15) is 11.4 Å². The number of para-hydroxylation sites is 2. The van der Waals surface area contributed by atoms with Crippen molar-refractivity contribution in [2.45, 2.75) is 27.7 Å². The molecule has 2 N–H and O–H groups in total. The first-order valence-corrected chi connectivity index (χ1v) is 9.19. The van der Waals surface area contributed by atoms with Crippen LogP contribution in [0.3, 0.4) is 0 Å². The third-order valence-electron chi connectivity index (χ3n) is 4.00. The molecule has 0 unspecified atom stereocenters. The topological polar surface area (TPSA) is 76.1 Å². The highest BCUT2D eigenvalue weighted by Crippen LogP contribution is 2.24. The summed E-state index contributed by atoms with van der Waals surface area (Å²) in [6, 6.07) is 15.1. The number of carbonyl (C=O) groups excluding carboxylic acids is 1. The minimum atomic E-state index is -0.318. The Bertz CT molecular complexity index is 981. The zero-order valence-corrected chi connectivity index (χ0v) is 16.5. The van der Waals surface area contributed by atoms with Crippen molar-refractivity contribution in [2.24, 2.45) is 0 Å². The molecule has 0 aliphatic carbocycles. The average molecular weight is 376 g/mol. The summed E-state index contributed by atoms with van der Waals surface area (Å²) in [5, 5.41) is 6.06. The van der Waals surface area contributed by atoms with Crippen molar-refractivity contribution in [1.29, 1.82) is 0 Å². The van der Waals surface area contributed by atoms with Gasteiger partial charge >= 0.3 is 0 Å². The lowest BCUT2D eigenvalue weighted by Gasteiger charge is -2.12. The fourth-order valence-corrected chi connectivity index (χ4v) is 2.95. The number of aromatic nitrogens is 2. The number of nitrogens with one attached hydrogen (secondary N) is 2. The highest BCUT2D eigenvalue weighted by atomic mass is 16.5. The Morgan fingerprint density at radius 3 is 2.43 bits per heavy atom. The summed E-state index contributed by atoms with van der Waals surface area (Å²) in [6.07, 6.45) is 0. The van der Waals surface area contributed by atoms with Gasteiger partial charge in [0.05, 0.1) is 12.3 Å². The van der Waals surface area contributed by atoms with Gasteiger partial charge in [-0.25, -0.2) is 9.97 Å². The van der Waals surface area contributed by atoms with E-state index in [2.05, 4.69) is 26.7 Å². The van der Waals surface area contributed by atoms with Gasteiger partial charge in [0.15, 0.2) is 0 Å². The molecule has 28 heavy (non-hydrogen) atoms. The van der Waals surface area contributed by atoms with Crippen molar-refractivity contribution in [3.05, 3.63) is 71.0 Å². The summed E-state index contributed by atoms with van der Waals surface area (Å²) in [5.41, 5.74) is 4.75. The second-order valence-corrected chi connectivity index (χ2v) is 6.60. The Labute approximate surface area is 165 Å². The summed E-state index contributed by atoms with van der Waals surface area (Å²) in [4.78, 5) is 21.5. The SMILES string of the molecule is CCOc1ccccc1NC(=O)c1cc(C)nc(Nc2cc(C)cc(C)c2)n1. The Morgan fingerprint density at radius 1 is 1.00 bits per heavy atom. The second-order valence-electron chi connectivity index (χ2n) is 6.60. The maximum Gasteiger partial charge on any atom is 0.274 e. The van der Waals surface area contributed by atoms with Crippen LogP contribution < -0.4 is 15.4 Å². The van der Waals surface area contributed by atoms with Gasteiger partial charge in [-0.2, -0.15) is 0 Å². The molecule has 0 fully saturated rings. The van der Waals surface area contributed by atoms with E-state index in [1.165, 1.54) is 0 Å². The zero-order chi connectivity index (χ0) is 20.1. The number of aryl methyl sites for hydroxylation is 3. The quantitative estimate of drug-likeness (QED) is 0.646. The molecule has 1 amide bonds. The molecule has 6 nitrogen and oxygen atoms in total. The van der Waals surface area contributed by atoms with Crippen molar-refractivity contribution >= 4 is 23.2 Å². The lowest BCUT2D eigenvalue weighted by molar-refractivity contribution is 0.102. The van der Waals surface area contributed by atoms with Crippen LogP contribution in [0.1, 0.15) is 34.2 Å². The number of hydrogen-bond donors (Lipinski definition) is 2. The molecule has 0 saturated carbocycles. The molecule has 3 aromatic rings. The molecule has 1 aromatic heterocycles. The van der Waals surface area contributed by atoms with Crippen molar-refractivity contribution in [2.75, 3.05) is 17.2 Å². The van der Waals surface area contributed by atoms with Crippen LogP contribution in [-0.4, -0.2) is 22.5 Å². The van der Waals surface area contributed by atoms with Gasteiger partial charge in [-0.1, -0.05) is 18.2 Å². The number of benzene rings is 2. The minimum absolute atomic E-state index is 0.283. The van der Waals surface area contributed by atoms with E-state index < -0.39 is 0 Å². The van der Waals surface area contributed by atoms with E-state index in [0.717, 1.165) is 16.8 Å². The third kappa shape index (κ3) is 4.85. The molecular weight excluding hydrogens is 352 g/mol. The summed E-state index contributed by atoms with van der Waals surface area (Å²) in [7, 11) is 0. The lowest BCUT2D eigenvalue weighted by Crippen LogP contribution is -2.16. The summed E-state index contributed by atoms with van der Waals surface area (Å²) >= 11 is 0. The third-order valence-corrected chi connectivity index (χ3v) is 4.00. The number of amides is 1. The molecule has 144 valence electrons. The van der Waals surface area contributed by atoms with Gasteiger partial charge in [0.25, 0.3) is 5.91 Å². The van der Waals surface area contributed by atoms with Crippen LogP contribution in [0.15, 0.2) is 48.5 Å². The number of ether oxygens (including phenoxy) is 1. The van der Waals surface area contributed by atoms with Gasteiger partial charge in [0.2, 0.25) is 5.95 Å². The van der Waals surface area contributed by atoms with Gasteiger partial charge in [-0.3, -0.25) is 4.79 Å². The van der Waals surface area contributed by atoms with Crippen LogP contribution >= 0.6 is 0 Å². The Morgan fingerprint density at radius 2 is 1.71 bits per heavy atom. The Hall–Kier alpha value is -3.41. The smallest absolute Gasteiger partial charge is 0.274 e. The second kappa shape index (κ2) is 8.52. The highest BCUT2D eigenvalue weighted by molar-refractivity contribution is 6.03. The van der Waals surface area contributed by atoms with Crippen molar-refractivity contribution in [3.63, 3.8) is 0 Å². The summed E-state index contributed by atoms with van der Waals surface area (Å²) < 4.78 is 5.56. The molecule has 0 radical (unpaired) electrons. The van der Waals surface area contributed by atoms with E-state index in [0.29, 0.717) is 29.7 Å². The molecule has 6 heteroatoms. The zero-order valence-electron chi connectivity index (χ0n) is 16.5. The molecule has 0 bridgehead atoms. The minimum Gasteiger partial charge on any atom is -0.492 e. The largest absolute Gasteiger partial charge is 0.492 e. The molecule has 3 rings (SSSR count). The first-order valence-electron chi connectivity index (χ1n) is 9.19. The van der Waals surface area contributed by atoms with Gasteiger partial charge in [-0.15, -0.1) is 0 Å². The predicted octanol–water partition coefficient (Wildman–Crippen LogP) is 4.80. The van der Waals surface area contributed by atoms with Crippen LogP contribution in [-0.2, 0) is 0 Å². The first-order chi connectivity index (χ1) is 13.4.